The minimum Gasteiger partial charge on any atom is -0.496 e. The summed E-state index contributed by atoms with van der Waals surface area (Å²) >= 11 is 1.60. The Kier molecular flexibility index (Phi) is 6.60. The van der Waals surface area contributed by atoms with Crippen molar-refractivity contribution in [2.24, 2.45) is 10.1 Å². The van der Waals surface area contributed by atoms with Crippen LogP contribution in [0.5, 0.6) is 5.75 Å². The zero-order chi connectivity index (χ0) is 20.8. The van der Waals surface area contributed by atoms with Crippen LogP contribution in [0.15, 0.2) is 82.7 Å². The number of methoxy groups -OCH3 is 1. The maximum atomic E-state index is 5.59. The molecule has 0 radical (unpaired) electrons. The molecule has 0 aliphatic heterocycles. The number of para-hydroxylation sites is 1. The molecular weight excluding hydrogens is 390 g/mol. The predicted octanol–water partition coefficient (Wildman–Crippen LogP) is 5.87. The Morgan fingerprint density at radius 2 is 1.83 bits per heavy atom. The largest absolute Gasteiger partial charge is 0.496 e. The number of ether oxygens (including phenoxy) is 1. The molecule has 154 valence electrons. The van der Waals surface area contributed by atoms with Gasteiger partial charge in [-0.25, -0.2) is 4.68 Å². The highest BCUT2D eigenvalue weighted by molar-refractivity contribution is 7.07. The first-order chi connectivity index (χ1) is 14.8. The van der Waals surface area contributed by atoms with Crippen molar-refractivity contribution in [3.8, 4) is 17.0 Å². The van der Waals surface area contributed by atoms with E-state index < -0.39 is 0 Å². The second-order valence-corrected chi connectivity index (χ2v) is 8.23. The second-order valence-electron chi connectivity index (χ2n) is 7.40. The van der Waals surface area contributed by atoms with Crippen molar-refractivity contribution in [3.63, 3.8) is 0 Å². The minimum absolute atomic E-state index is 0.576. The van der Waals surface area contributed by atoms with E-state index >= 15 is 0 Å². The molecule has 1 aliphatic rings. The highest BCUT2D eigenvalue weighted by Gasteiger charge is 2.20. The number of thiazole rings is 1. The Bertz CT molecular complexity index is 1080. The summed E-state index contributed by atoms with van der Waals surface area (Å²) in [7, 11) is 1.70. The Morgan fingerprint density at radius 3 is 2.57 bits per heavy atom. The summed E-state index contributed by atoms with van der Waals surface area (Å²) in [6.45, 7) is 4.37. The van der Waals surface area contributed by atoms with Gasteiger partial charge in [-0.3, -0.25) is 4.99 Å². The quantitative estimate of drug-likeness (QED) is 0.462. The van der Waals surface area contributed by atoms with Gasteiger partial charge in [-0.2, -0.15) is 5.10 Å². The fourth-order valence-corrected chi connectivity index (χ4v) is 4.77. The molecule has 0 amide bonds. The van der Waals surface area contributed by atoms with E-state index in [1.165, 1.54) is 11.3 Å². The molecule has 1 saturated carbocycles. The van der Waals surface area contributed by atoms with Gasteiger partial charge in [0.05, 0.1) is 19.3 Å². The average Bonchev–Trinajstić information content (AvgIpc) is 3.20. The molecule has 2 aromatic carbocycles. The van der Waals surface area contributed by atoms with Crippen LogP contribution >= 0.6 is 11.3 Å². The van der Waals surface area contributed by atoms with Gasteiger partial charge >= 0.3 is 0 Å². The lowest BCUT2D eigenvalue weighted by Crippen LogP contribution is -2.18. The van der Waals surface area contributed by atoms with Gasteiger partial charge < -0.3 is 4.74 Å². The molecule has 1 aromatic heterocycles. The topological polar surface area (TPSA) is 38.9 Å². The first-order valence-electron chi connectivity index (χ1n) is 10.4. The van der Waals surface area contributed by atoms with Gasteiger partial charge in [0.25, 0.3) is 0 Å². The zero-order valence-electron chi connectivity index (χ0n) is 17.3. The first kappa shape index (κ1) is 20.4. The van der Waals surface area contributed by atoms with Gasteiger partial charge in [0.2, 0.25) is 4.80 Å². The number of hydrogen-bond donors (Lipinski definition) is 0. The number of benzene rings is 2. The molecule has 0 atom stereocenters. The molecule has 4 rings (SSSR count). The van der Waals surface area contributed by atoms with Crippen LogP contribution in [-0.2, 0) is 0 Å². The van der Waals surface area contributed by atoms with E-state index in [9.17, 15) is 0 Å². The van der Waals surface area contributed by atoms with E-state index in [4.69, 9.17) is 9.84 Å². The van der Waals surface area contributed by atoms with E-state index in [0.29, 0.717) is 12.5 Å². The monoisotopic (exact) mass is 417 g/mol. The molecule has 4 nitrogen and oxygen atoms in total. The second kappa shape index (κ2) is 9.72. The van der Waals surface area contributed by atoms with Crippen LogP contribution in [0.1, 0.15) is 37.2 Å². The lowest BCUT2D eigenvalue weighted by Gasteiger charge is -2.23. The smallest absolute Gasteiger partial charge is 0.206 e. The van der Waals surface area contributed by atoms with Crippen molar-refractivity contribution < 1.29 is 4.74 Å². The van der Waals surface area contributed by atoms with E-state index in [-0.39, 0.29) is 0 Å². The normalized spacial score (nSPS) is 17.0. The lowest BCUT2D eigenvalue weighted by atomic mass is 9.83. The summed E-state index contributed by atoms with van der Waals surface area (Å²) in [6, 6.07) is 18.9. The Labute approximate surface area is 181 Å². The van der Waals surface area contributed by atoms with Gasteiger partial charge in [0.1, 0.15) is 5.75 Å². The number of rotatable bonds is 6. The molecular formula is C25H27N3OS. The van der Waals surface area contributed by atoms with Crippen molar-refractivity contribution in [1.82, 2.24) is 4.68 Å². The molecule has 1 aliphatic carbocycles. The van der Waals surface area contributed by atoms with Crippen LogP contribution in [0, 0.1) is 0 Å². The van der Waals surface area contributed by atoms with Gasteiger partial charge in [-0.15, -0.1) is 17.9 Å². The molecule has 3 aromatic rings. The molecule has 0 saturated heterocycles. The van der Waals surface area contributed by atoms with E-state index in [2.05, 4.69) is 53.3 Å². The maximum absolute atomic E-state index is 5.59. The molecule has 5 heteroatoms. The van der Waals surface area contributed by atoms with Crippen LogP contribution < -0.4 is 9.54 Å². The zero-order valence-corrected chi connectivity index (χ0v) is 18.1. The Hall–Kier alpha value is -2.92. The summed E-state index contributed by atoms with van der Waals surface area (Å²) in [5.41, 5.74) is 4.71. The summed E-state index contributed by atoms with van der Waals surface area (Å²) in [4.78, 5) is 5.55. The molecule has 0 N–H and O–H groups in total. The highest BCUT2D eigenvalue weighted by atomic mass is 32.1. The lowest BCUT2D eigenvalue weighted by molar-refractivity contribution is 0.416. The maximum Gasteiger partial charge on any atom is 0.206 e. The summed E-state index contributed by atoms with van der Waals surface area (Å²) in [5, 5.41) is 7.18. The molecule has 30 heavy (non-hydrogen) atoms. The number of nitrogens with zero attached hydrogens (tertiary/aromatic N) is 3. The number of hydrogen-bond acceptors (Lipinski definition) is 4. The van der Waals surface area contributed by atoms with Crippen LogP contribution in [-0.4, -0.2) is 24.0 Å². The van der Waals surface area contributed by atoms with Gasteiger partial charge in [0, 0.05) is 16.7 Å². The minimum atomic E-state index is 0.576. The third kappa shape index (κ3) is 4.46. The summed E-state index contributed by atoms with van der Waals surface area (Å²) in [6.07, 6.45) is 6.10. The van der Waals surface area contributed by atoms with Crippen molar-refractivity contribution in [2.45, 2.75) is 31.6 Å². The van der Waals surface area contributed by atoms with Crippen LogP contribution in [0.25, 0.3) is 11.3 Å². The van der Waals surface area contributed by atoms with Crippen LogP contribution in [0.2, 0.25) is 0 Å². The van der Waals surface area contributed by atoms with Crippen LogP contribution in [0.3, 0.4) is 0 Å². The van der Waals surface area contributed by atoms with Gasteiger partial charge in [-0.05, 0) is 49.3 Å². The third-order valence-corrected chi connectivity index (χ3v) is 6.35. The van der Waals surface area contributed by atoms with Gasteiger partial charge in [-0.1, -0.05) is 48.5 Å². The average molecular weight is 418 g/mol. The summed E-state index contributed by atoms with van der Waals surface area (Å²) in [5.74, 6) is 1.46. The highest BCUT2D eigenvalue weighted by Crippen LogP contribution is 2.33. The summed E-state index contributed by atoms with van der Waals surface area (Å²) < 4.78 is 7.58. The molecule has 1 heterocycles. The number of aromatic nitrogens is 1. The van der Waals surface area contributed by atoms with Crippen molar-refractivity contribution in [1.29, 1.82) is 0 Å². The van der Waals surface area contributed by atoms with E-state index in [0.717, 1.165) is 47.5 Å². The van der Waals surface area contributed by atoms with E-state index in [1.807, 2.05) is 29.0 Å². The molecule has 0 spiro atoms. The van der Waals surface area contributed by atoms with E-state index in [1.54, 1.807) is 18.4 Å². The van der Waals surface area contributed by atoms with Crippen LogP contribution in [0.4, 0.5) is 0 Å². The SMILES string of the molecule is C=CCN=c1scc(-c2ccccc2OC)n1N=C1CCC(c2ccccc2)CC1. The van der Waals surface area contributed by atoms with Gasteiger partial charge in [0.15, 0.2) is 0 Å². The van der Waals surface area contributed by atoms with Crippen molar-refractivity contribution >= 4 is 17.0 Å². The Balaban J connectivity index is 1.66. The fourth-order valence-electron chi connectivity index (χ4n) is 3.94. The van der Waals surface area contributed by atoms with Crippen molar-refractivity contribution in [3.05, 3.63) is 83.0 Å². The Morgan fingerprint density at radius 1 is 1.10 bits per heavy atom. The molecule has 0 bridgehead atoms. The first-order valence-corrected chi connectivity index (χ1v) is 11.2. The standard InChI is InChI=1S/C25H27N3OS/c1-3-17-26-25-28(23(18-30-25)22-11-7-8-12-24(22)29-2)27-21-15-13-20(14-16-21)19-9-5-4-6-10-19/h3-12,18,20H,1,13-17H2,2H3. The fraction of sp³-hybridized carbons (Fsp3) is 0.280. The predicted molar refractivity (Wildman–Crippen MR) is 125 cm³/mol. The third-order valence-electron chi connectivity index (χ3n) is 5.50. The molecule has 0 unspecified atom stereocenters. The van der Waals surface area contributed by atoms with Crippen molar-refractivity contribution in [2.75, 3.05) is 13.7 Å². The molecule has 1 fully saturated rings.